The second kappa shape index (κ2) is 8.27. The first-order chi connectivity index (χ1) is 9.60. The number of rotatable bonds is 8. The Morgan fingerprint density at radius 3 is 2.50 bits per heavy atom. The summed E-state index contributed by atoms with van der Waals surface area (Å²) >= 11 is 0. The van der Waals surface area contributed by atoms with Gasteiger partial charge in [-0.15, -0.1) is 6.58 Å². The normalized spacial score (nSPS) is 13.3. The van der Waals surface area contributed by atoms with Gasteiger partial charge in [0.05, 0.1) is 20.3 Å². The van der Waals surface area contributed by atoms with E-state index in [1.807, 2.05) is 30.3 Å². The Balaban J connectivity index is 2.48. The monoisotopic (exact) mass is 276 g/mol. The van der Waals surface area contributed by atoms with E-state index in [1.165, 1.54) is 7.11 Å². The lowest BCUT2D eigenvalue weighted by molar-refractivity contribution is -0.154. The van der Waals surface area contributed by atoms with Gasteiger partial charge in [0, 0.05) is 11.8 Å². The first kappa shape index (κ1) is 16.1. The van der Waals surface area contributed by atoms with E-state index >= 15 is 0 Å². The molecule has 0 amide bonds. The second-order valence-electron chi connectivity index (χ2n) is 4.54. The van der Waals surface area contributed by atoms with Crippen LogP contribution in [-0.4, -0.2) is 25.5 Å². The van der Waals surface area contributed by atoms with Crippen LogP contribution in [0.25, 0.3) is 0 Å². The van der Waals surface area contributed by atoms with Gasteiger partial charge in [-0.05, 0) is 5.56 Å². The van der Waals surface area contributed by atoms with E-state index in [2.05, 4.69) is 11.3 Å². The van der Waals surface area contributed by atoms with Crippen LogP contribution in [0.15, 0.2) is 43.0 Å². The molecule has 4 nitrogen and oxygen atoms in total. The van der Waals surface area contributed by atoms with Gasteiger partial charge in [-0.25, -0.2) is 4.79 Å². The molecule has 1 aromatic carbocycles. The van der Waals surface area contributed by atoms with Crippen molar-refractivity contribution >= 4 is 11.8 Å². The fourth-order valence-electron chi connectivity index (χ4n) is 1.78. The molecule has 1 rings (SSSR count). The summed E-state index contributed by atoms with van der Waals surface area (Å²) in [5, 5.41) is 0. The number of ether oxygens (including phenoxy) is 2. The molecule has 0 fully saturated rings. The van der Waals surface area contributed by atoms with Gasteiger partial charge < -0.3 is 9.47 Å². The molecule has 1 aromatic rings. The number of carbonyl (C=O) groups is 2. The molecule has 0 N–H and O–H groups in total. The fourth-order valence-corrected chi connectivity index (χ4v) is 1.78. The molecule has 0 heterocycles. The van der Waals surface area contributed by atoms with Gasteiger partial charge in [-0.1, -0.05) is 43.3 Å². The molecule has 0 aliphatic heterocycles. The molecule has 0 aliphatic rings. The number of Topliss-reactive ketones (excluding diaryl/α,β-unsaturated/α-hetero) is 1. The summed E-state index contributed by atoms with van der Waals surface area (Å²) in [4.78, 5) is 23.0. The first-order valence-corrected chi connectivity index (χ1v) is 6.46. The molecule has 0 saturated carbocycles. The zero-order chi connectivity index (χ0) is 15.0. The lowest BCUT2D eigenvalue weighted by Crippen LogP contribution is -2.30. The summed E-state index contributed by atoms with van der Waals surface area (Å²) in [6.45, 7) is 6.17. The molecular weight excluding hydrogens is 256 g/mol. The zero-order valence-electron chi connectivity index (χ0n) is 11.9. The summed E-state index contributed by atoms with van der Waals surface area (Å²) in [7, 11) is 1.20. The van der Waals surface area contributed by atoms with Crippen molar-refractivity contribution in [2.45, 2.75) is 13.5 Å². The van der Waals surface area contributed by atoms with Crippen molar-refractivity contribution in [1.29, 1.82) is 0 Å². The highest BCUT2D eigenvalue weighted by Crippen LogP contribution is 2.16. The third-order valence-electron chi connectivity index (χ3n) is 3.17. The summed E-state index contributed by atoms with van der Waals surface area (Å²) in [5.41, 5.74) is 1.06. The molecule has 0 unspecified atom stereocenters. The molecule has 0 bridgehead atoms. The Bertz CT molecular complexity index is 453. The molecule has 0 radical (unpaired) electrons. The van der Waals surface area contributed by atoms with Crippen LogP contribution in [-0.2, 0) is 25.7 Å². The Morgan fingerprint density at radius 2 is 1.95 bits per heavy atom. The summed E-state index contributed by atoms with van der Waals surface area (Å²) in [6.07, 6.45) is 1.64. The van der Waals surface area contributed by atoms with Crippen LogP contribution < -0.4 is 0 Å². The zero-order valence-corrected chi connectivity index (χ0v) is 11.9. The lowest BCUT2D eigenvalue weighted by Gasteiger charge is -2.18. The van der Waals surface area contributed by atoms with E-state index < -0.39 is 17.7 Å². The van der Waals surface area contributed by atoms with Crippen LogP contribution in [0.2, 0.25) is 0 Å². The van der Waals surface area contributed by atoms with Crippen LogP contribution in [0.1, 0.15) is 12.5 Å². The van der Waals surface area contributed by atoms with Crippen LogP contribution in [0.3, 0.4) is 0 Å². The Morgan fingerprint density at radius 1 is 1.30 bits per heavy atom. The number of esters is 1. The van der Waals surface area contributed by atoms with Gasteiger partial charge in [0.1, 0.15) is 0 Å². The maximum atomic E-state index is 11.7. The minimum atomic E-state index is -0.826. The van der Waals surface area contributed by atoms with Crippen molar-refractivity contribution < 1.29 is 19.1 Å². The molecular formula is C16H20O4. The predicted molar refractivity (Wildman–Crippen MR) is 76.0 cm³/mol. The molecule has 4 heteroatoms. The molecule has 0 spiro atoms. The Hall–Kier alpha value is -1.94. The van der Waals surface area contributed by atoms with Crippen molar-refractivity contribution in [3.63, 3.8) is 0 Å². The highest BCUT2D eigenvalue weighted by Gasteiger charge is 2.27. The highest BCUT2D eigenvalue weighted by molar-refractivity contribution is 6.34. The summed E-state index contributed by atoms with van der Waals surface area (Å²) in [5.74, 6) is -2.10. The van der Waals surface area contributed by atoms with Gasteiger partial charge in [0.25, 0.3) is 0 Å². The van der Waals surface area contributed by atoms with Gasteiger partial charge in [0.15, 0.2) is 0 Å². The third-order valence-corrected chi connectivity index (χ3v) is 3.17. The van der Waals surface area contributed by atoms with Crippen LogP contribution in [0.4, 0.5) is 0 Å². The number of carbonyl (C=O) groups excluding carboxylic acids is 2. The minimum Gasteiger partial charge on any atom is -0.463 e. The smallest absolute Gasteiger partial charge is 0.374 e. The van der Waals surface area contributed by atoms with E-state index in [1.54, 1.807) is 13.0 Å². The van der Waals surface area contributed by atoms with Crippen LogP contribution in [0.5, 0.6) is 0 Å². The SMILES string of the molecule is C=C[C@@H](COCc1ccccc1)[C@H](C)C(=O)C(=O)OC. The average Bonchev–Trinajstić information content (AvgIpc) is 2.50. The second-order valence-corrected chi connectivity index (χ2v) is 4.54. The van der Waals surface area contributed by atoms with Crippen LogP contribution >= 0.6 is 0 Å². The van der Waals surface area contributed by atoms with Gasteiger partial charge in [0.2, 0.25) is 5.78 Å². The van der Waals surface area contributed by atoms with Crippen LogP contribution in [0, 0.1) is 11.8 Å². The van der Waals surface area contributed by atoms with E-state index in [4.69, 9.17) is 4.74 Å². The largest absolute Gasteiger partial charge is 0.463 e. The fraction of sp³-hybridized carbons (Fsp3) is 0.375. The van der Waals surface area contributed by atoms with Crippen molar-refractivity contribution in [3.05, 3.63) is 48.6 Å². The van der Waals surface area contributed by atoms with Crippen molar-refractivity contribution in [2.75, 3.05) is 13.7 Å². The number of ketones is 1. The third kappa shape index (κ3) is 4.63. The first-order valence-electron chi connectivity index (χ1n) is 6.46. The number of hydrogen-bond acceptors (Lipinski definition) is 4. The molecule has 2 atom stereocenters. The maximum absolute atomic E-state index is 11.7. The quantitative estimate of drug-likeness (QED) is 0.415. The minimum absolute atomic E-state index is 0.217. The van der Waals surface area contributed by atoms with Gasteiger partial charge >= 0.3 is 5.97 Å². The lowest BCUT2D eigenvalue weighted by atomic mass is 9.91. The number of hydrogen-bond donors (Lipinski definition) is 0. The maximum Gasteiger partial charge on any atom is 0.374 e. The van der Waals surface area contributed by atoms with E-state index in [-0.39, 0.29) is 5.92 Å². The average molecular weight is 276 g/mol. The number of methoxy groups -OCH3 is 1. The standard InChI is InChI=1S/C16H20O4/c1-4-14(12(2)15(17)16(18)19-3)11-20-10-13-8-6-5-7-9-13/h4-9,12,14H,1,10-11H2,2-3H3/t12-,14-/m0/s1. The topological polar surface area (TPSA) is 52.6 Å². The Kier molecular flexibility index (Phi) is 6.67. The van der Waals surface area contributed by atoms with E-state index in [0.717, 1.165) is 5.56 Å². The van der Waals surface area contributed by atoms with Crippen molar-refractivity contribution in [3.8, 4) is 0 Å². The number of benzene rings is 1. The highest BCUT2D eigenvalue weighted by atomic mass is 16.5. The summed E-state index contributed by atoms with van der Waals surface area (Å²) < 4.78 is 10.0. The molecule has 0 aromatic heterocycles. The van der Waals surface area contributed by atoms with Gasteiger partial charge in [-0.3, -0.25) is 4.79 Å². The molecule has 0 saturated heterocycles. The van der Waals surface area contributed by atoms with E-state index in [0.29, 0.717) is 13.2 Å². The Labute approximate surface area is 119 Å². The van der Waals surface area contributed by atoms with E-state index in [9.17, 15) is 9.59 Å². The molecule has 20 heavy (non-hydrogen) atoms. The molecule has 108 valence electrons. The van der Waals surface area contributed by atoms with Gasteiger partial charge in [-0.2, -0.15) is 0 Å². The van der Waals surface area contributed by atoms with Crippen molar-refractivity contribution in [1.82, 2.24) is 0 Å². The molecule has 0 aliphatic carbocycles. The predicted octanol–water partition coefficient (Wildman–Crippen LogP) is 2.38. The van der Waals surface area contributed by atoms with Crippen molar-refractivity contribution in [2.24, 2.45) is 11.8 Å². The summed E-state index contributed by atoms with van der Waals surface area (Å²) in [6, 6.07) is 9.74.